The van der Waals surface area contributed by atoms with Crippen molar-refractivity contribution in [2.24, 2.45) is 5.41 Å². The molecule has 1 aliphatic carbocycles. The topological polar surface area (TPSA) is 79.5 Å². The summed E-state index contributed by atoms with van der Waals surface area (Å²) in [6.07, 6.45) is 3.15. The van der Waals surface area contributed by atoms with Gasteiger partial charge in [-0.25, -0.2) is 0 Å². The first kappa shape index (κ1) is 18.9. The standard InChI is InChI=1S/C20H29N3O3/c1-14-5-6-16(11-15(14)2)23-19(25)20(7-3-4-8-20)13-22-18(24)17-12-21-9-10-26-17/h5-6,11,17,21H,3-4,7-10,12-13H2,1-2H3,(H,22,24)(H,23,25). The van der Waals surface area contributed by atoms with Gasteiger partial charge >= 0.3 is 0 Å². The minimum absolute atomic E-state index is 0.00115. The molecular formula is C20H29N3O3. The average Bonchev–Trinajstić information content (AvgIpc) is 3.14. The molecule has 6 nitrogen and oxygen atoms in total. The van der Waals surface area contributed by atoms with Gasteiger partial charge in [-0.15, -0.1) is 0 Å². The van der Waals surface area contributed by atoms with E-state index >= 15 is 0 Å². The summed E-state index contributed by atoms with van der Waals surface area (Å²) in [5.74, 6) is -0.135. The second-order valence-corrected chi connectivity index (χ2v) is 7.52. The van der Waals surface area contributed by atoms with Crippen LogP contribution in [0.3, 0.4) is 0 Å². The van der Waals surface area contributed by atoms with Crippen LogP contribution < -0.4 is 16.0 Å². The summed E-state index contributed by atoms with van der Waals surface area (Å²) in [6.45, 7) is 6.28. The Balaban J connectivity index is 1.63. The maximum atomic E-state index is 13.0. The van der Waals surface area contributed by atoms with E-state index in [-0.39, 0.29) is 11.8 Å². The van der Waals surface area contributed by atoms with Gasteiger partial charge in [0.1, 0.15) is 6.10 Å². The number of nitrogens with one attached hydrogen (secondary N) is 3. The van der Waals surface area contributed by atoms with E-state index in [4.69, 9.17) is 4.74 Å². The van der Waals surface area contributed by atoms with Crippen LogP contribution in [-0.2, 0) is 14.3 Å². The van der Waals surface area contributed by atoms with Gasteiger partial charge in [0.15, 0.2) is 0 Å². The van der Waals surface area contributed by atoms with E-state index in [9.17, 15) is 9.59 Å². The molecule has 1 atom stereocenters. The number of hydrogen-bond donors (Lipinski definition) is 3. The molecule has 6 heteroatoms. The summed E-state index contributed by atoms with van der Waals surface area (Å²) in [4.78, 5) is 25.4. The fourth-order valence-corrected chi connectivity index (χ4v) is 3.72. The van der Waals surface area contributed by atoms with Crippen molar-refractivity contribution < 1.29 is 14.3 Å². The molecule has 1 aliphatic heterocycles. The number of anilines is 1. The maximum absolute atomic E-state index is 13.0. The third-order valence-electron chi connectivity index (χ3n) is 5.63. The minimum atomic E-state index is -0.531. The summed E-state index contributed by atoms with van der Waals surface area (Å²) in [5.41, 5.74) is 2.64. The number of benzene rings is 1. The van der Waals surface area contributed by atoms with E-state index in [2.05, 4.69) is 22.9 Å². The second kappa shape index (κ2) is 8.18. The van der Waals surface area contributed by atoms with Crippen molar-refractivity contribution in [2.75, 3.05) is 31.6 Å². The van der Waals surface area contributed by atoms with E-state index < -0.39 is 11.5 Å². The van der Waals surface area contributed by atoms with Gasteiger partial charge in [-0.1, -0.05) is 18.9 Å². The lowest BCUT2D eigenvalue weighted by atomic mass is 9.84. The van der Waals surface area contributed by atoms with Crippen molar-refractivity contribution in [1.29, 1.82) is 0 Å². The highest BCUT2D eigenvalue weighted by atomic mass is 16.5. The SMILES string of the molecule is Cc1ccc(NC(=O)C2(CNC(=O)C3CNCCO3)CCCC2)cc1C. The molecule has 1 saturated heterocycles. The molecule has 1 heterocycles. The lowest BCUT2D eigenvalue weighted by Gasteiger charge is -2.30. The number of carbonyl (C=O) groups excluding carboxylic acids is 2. The Morgan fingerprint density at radius 2 is 2.00 bits per heavy atom. The molecule has 0 bridgehead atoms. The zero-order chi connectivity index (χ0) is 18.6. The van der Waals surface area contributed by atoms with Crippen LogP contribution in [0.4, 0.5) is 5.69 Å². The number of ether oxygens (including phenoxy) is 1. The van der Waals surface area contributed by atoms with Crippen LogP contribution in [0.25, 0.3) is 0 Å². The van der Waals surface area contributed by atoms with Crippen LogP contribution in [0.5, 0.6) is 0 Å². The molecule has 2 fully saturated rings. The molecule has 0 radical (unpaired) electrons. The monoisotopic (exact) mass is 359 g/mol. The fourth-order valence-electron chi connectivity index (χ4n) is 3.72. The Kier molecular flexibility index (Phi) is 5.94. The Bertz CT molecular complexity index is 662. The highest BCUT2D eigenvalue weighted by Crippen LogP contribution is 2.38. The van der Waals surface area contributed by atoms with Crippen molar-refractivity contribution in [3.05, 3.63) is 29.3 Å². The molecule has 3 N–H and O–H groups in total. The van der Waals surface area contributed by atoms with Gasteiger partial charge in [0.05, 0.1) is 12.0 Å². The van der Waals surface area contributed by atoms with Crippen LogP contribution >= 0.6 is 0 Å². The molecule has 1 aromatic carbocycles. The molecule has 2 amide bonds. The van der Waals surface area contributed by atoms with Crippen molar-refractivity contribution >= 4 is 17.5 Å². The molecule has 26 heavy (non-hydrogen) atoms. The lowest BCUT2D eigenvalue weighted by molar-refractivity contribution is -0.135. The Morgan fingerprint density at radius 3 is 2.65 bits per heavy atom. The predicted molar refractivity (Wildman–Crippen MR) is 101 cm³/mol. The summed E-state index contributed by atoms with van der Waals surface area (Å²) < 4.78 is 5.49. The van der Waals surface area contributed by atoms with Gasteiger partial charge in [0.25, 0.3) is 0 Å². The van der Waals surface area contributed by atoms with E-state index in [1.54, 1.807) is 0 Å². The number of morpholine rings is 1. The number of hydrogen-bond acceptors (Lipinski definition) is 4. The van der Waals surface area contributed by atoms with E-state index in [1.165, 1.54) is 5.56 Å². The zero-order valence-electron chi connectivity index (χ0n) is 15.7. The summed E-state index contributed by atoms with van der Waals surface area (Å²) >= 11 is 0. The van der Waals surface area contributed by atoms with Crippen LogP contribution in [0, 0.1) is 19.3 Å². The molecule has 1 unspecified atom stereocenters. The van der Waals surface area contributed by atoms with Gasteiger partial charge in [0.2, 0.25) is 11.8 Å². The molecule has 0 aromatic heterocycles. The van der Waals surface area contributed by atoms with Gasteiger partial charge < -0.3 is 20.7 Å². The number of amides is 2. The lowest BCUT2D eigenvalue weighted by Crippen LogP contribution is -2.51. The van der Waals surface area contributed by atoms with Crippen molar-refractivity contribution in [1.82, 2.24) is 10.6 Å². The predicted octanol–water partition coefficient (Wildman–Crippen LogP) is 1.91. The van der Waals surface area contributed by atoms with Gasteiger partial charge in [-0.05, 0) is 49.9 Å². The molecule has 1 aromatic rings. The molecule has 1 saturated carbocycles. The molecule has 2 aliphatic rings. The second-order valence-electron chi connectivity index (χ2n) is 7.52. The largest absolute Gasteiger partial charge is 0.366 e. The maximum Gasteiger partial charge on any atom is 0.250 e. The van der Waals surface area contributed by atoms with E-state index in [1.807, 2.05) is 25.1 Å². The molecule has 142 valence electrons. The highest BCUT2D eigenvalue weighted by Gasteiger charge is 2.41. The first-order valence-electron chi connectivity index (χ1n) is 9.49. The Labute approximate surface area is 155 Å². The van der Waals surface area contributed by atoms with Crippen molar-refractivity contribution in [3.8, 4) is 0 Å². The highest BCUT2D eigenvalue weighted by molar-refractivity contribution is 5.96. The summed E-state index contributed by atoms with van der Waals surface area (Å²) in [6, 6.07) is 5.94. The minimum Gasteiger partial charge on any atom is -0.366 e. The van der Waals surface area contributed by atoms with E-state index in [0.717, 1.165) is 43.5 Å². The first-order valence-corrected chi connectivity index (χ1v) is 9.49. The zero-order valence-corrected chi connectivity index (χ0v) is 15.7. The number of carbonyl (C=O) groups is 2. The summed E-state index contributed by atoms with van der Waals surface area (Å²) in [5, 5.41) is 9.17. The third-order valence-corrected chi connectivity index (χ3v) is 5.63. The van der Waals surface area contributed by atoms with Gasteiger partial charge in [0, 0.05) is 25.3 Å². The third kappa shape index (κ3) is 4.24. The average molecular weight is 359 g/mol. The van der Waals surface area contributed by atoms with Crippen molar-refractivity contribution in [3.63, 3.8) is 0 Å². The molecular weight excluding hydrogens is 330 g/mol. The Morgan fingerprint density at radius 1 is 1.23 bits per heavy atom. The number of aryl methyl sites for hydroxylation is 2. The van der Waals surface area contributed by atoms with E-state index in [0.29, 0.717) is 19.7 Å². The van der Waals surface area contributed by atoms with Crippen LogP contribution in [-0.4, -0.2) is 44.2 Å². The molecule has 3 rings (SSSR count). The van der Waals surface area contributed by atoms with Gasteiger partial charge in [-0.2, -0.15) is 0 Å². The first-order chi connectivity index (χ1) is 12.5. The fraction of sp³-hybridized carbons (Fsp3) is 0.600. The smallest absolute Gasteiger partial charge is 0.250 e. The van der Waals surface area contributed by atoms with Crippen molar-refractivity contribution in [2.45, 2.75) is 45.6 Å². The summed E-state index contributed by atoms with van der Waals surface area (Å²) in [7, 11) is 0. The number of rotatable bonds is 5. The van der Waals surface area contributed by atoms with Crippen LogP contribution in [0.1, 0.15) is 36.8 Å². The van der Waals surface area contributed by atoms with Crippen LogP contribution in [0.2, 0.25) is 0 Å². The van der Waals surface area contributed by atoms with Crippen LogP contribution in [0.15, 0.2) is 18.2 Å². The van der Waals surface area contributed by atoms with Gasteiger partial charge in [-0.3, -0.25) is 9.59 Å². The normalized spacial score (nSPS) is 22.0. The Hall–Kier alpha value is -1.92. The molecule has 0 spiro atoms. The quantitative estimate of drug-likeness (QED) is 0.750.